The molecule has 0 aliphatic heterocycles. The van der Waals surface area contributed by atoms with Gasteiger partial charge in [-0.15, -0.1) is 0 Å². The lowest BCUT2D eigenvalue weighted by Crippen LogP contribution is -2.23. The predicted octanol–water partition coefficient (Wildman–Crippen LogP) is 6.17. The Labute approximate surface area is 138 Å². The van der Waals surface area contributed by atoms with Gasteiger partial charge in [0.1, 0.15) is 0 Å². The summed E-state index contributed by atoms with van der Waals surface area (Å²) in [5.74, 6) is 0. The third-order valence-corrected chi connectivity index (χ3v) is 4.47. The number of nitrogens with one attached hydrogen (secondary N) is 1. The summed E-state index contributed by atoms with van der Waals surface area (Å²) in [6.45, 7) is 4.20. The molecule has 1 unspecified atom stereocenters. The Morgan fingerprint density at radius 1 is 0.900 bits per heavy atom. The van der Waals surface area contributed by atoms with Crippen LogP contribution in [0.3, 0.4) is 0 Å². The minimum absolute atomic E-state index is 0.141. The second-order valence-corrected chi connectivity index (χ2v) is 6.53. The van der Waals surface area contributed by atoms with E-state index in [4.69, 9.17) is 23.2 Å². The van der Waals surface area contributed by atoms with Gasteiger partial charge in [0.25, 0.3) is 0 Å². The summed E-state index contributed by atoms with van der Waals surface area (Å²) in [5, 5.41) is 5.06. The second-order valence-electron chi connectivity index (χ2n) is 4.80. The summed E-state index contributed by atoms with van der Waals surface area (Å²) < 4.78 is 0.984. The van der Waals surface area contributed by atoms with Crippen LogP contribution in [0.15, 0.2) is 46.9 Å². The van der Waals surface area contributed by atoms with Crippen LogP contribution in [-0.4, -0.2) is 0 Å². The molecule has 0 saturated heterocycles. The highest BCUT2D eigenvalue weighted by atomic mass is 79.9. The van der Waals surface area contributed by atoms with Crippen molar-refractivity contribution in [2.24, 2.45) is 0 Å². The maximum Gasteiger partial charge on any atom is 0.0464 e. The first kappa shape index (κ1) is 15.8. The molecule has 0 spiro atoms. The van der Waals surface area contributed by atoms with Crippen molar-refractivity contribution in [1.82, 2.24) is 5.32 Å². The summed E-state index contributed by atoms with van der Waals surface area (Å²) in [7, 11) is 0. The molecule has 0 fully saturated rings. The zero-order chi connectivity index (χ0) is 14.7. The van der Waals surface area contributed by atoms with Gasteiger partial charge in [0.2, 0.25) is 0 Å². The van der Waals surface area contributed by atoms with E-state index in [0.717, 1.165) is 25.6 Å². The molecule has 0 bridgehead atoms. The Balaban J connectivity index is 2.15. The number of rotatable bonds is 4. The van der Waals surface area contributed by atoms with Crippen LogP contribution in [0.5, 0.6) is 0 Å². The zero-order valence-electron chi connectivity index (χ0n) is 11.3. The number of hydrogen-bond donors (Lipinski definition) is 1. The number of benzene rings is 2. The molecule has 2 aromatic carbocycles. The van der Waals surface area contributed by atoms with Crippen LogP contribution in [-0.2, 0) is 0 Å². The summed E-state index contributed by atoms with van der Waals surface area (Å²) in [4.78, 5) is 0. The van der Waals surface area contributed by atoms with Crippen molar-refractivity contribution in [3.05, 3.63) is 68.1 Å². The van der Waals surface area contributed by atoms with Gasteiger partial charge in [-0.05, 0) is 43.2 Å². The smallest absolute Gasteiger partial charge is 0.0464 e. The first-order chi connectivity index (χ1) is 9.49. The largest absolute Gasteiger partial charge is 0.304 e. The van der Waals surface area contributed by atoms with E-state index in [1.54, 1.807) is 0 Å². The van der Waals surface area contributed by atoms with E-state index < -0.39 is 0 Å². The lowest BCUT2D eigenvalue weighted by atomic mass is 10.0. The second kappa shape index (κ2) is 6.95. The van der Waals surface area contributed by atoms with Crippen LogP contribution in [0.2, 0.25) is 10.0 Å². The van der Waals surface area contributed by atoms with Crippen molar-refractivity contribution in [2.75, 3.05) is 0 Å². The molecular formula is C16H16BrCl2N. The Morgan fingerprint density at radius 3 is 2.10 bits per heavy atom. The maximum absolute atomic E-state index is 6.29. The van der Waals surface area contributed by atoms with Crippen LogP contribution in [0.25, 0.3) is 0 Å². The molecule has 20 heavy (non-hydrogen) atoms. The van der Waals surface area contributed by atoms with Crippen molar-refractivity contribution in [2.45, 2.75) is 25.9 Å². The molecule has 0 heterocycles. The van der Waals surface area contributed by atoms with Gasteiger partial charge in [-0.3, -0.25) is 0 Å². The van der Waals surface area contributed by atoms with Gasteiger partial charge >= 0.3 is 0 Å². The first-order valence-corrected chi connectivity index (χ1v) is 7.99. The fourth-order valence-electron chi connectivity index (χ4n) is 2.23. The zero-order valence-corrected chi connectivity index (χ0v) is 14.4. The lowest BCUT2D eigenvalue weighted by molar-refractivity contribution is 0.495. The molecule has 0 aliphatic rings. The van der Waals surface area contributed by atoms with Crippen LogP contribution in [0, 0.1) is 0 Å². The highest BCUT2D eigenvalue weighted by Gasteiger charge is 2.15. The van der Waals surface area contributed by atoms with Crippen molar-refractivity contribution < 1.29 is 0 Å². The Morgan fingerprint density at radius 2 is 1.50 bits per heavy atom. The van der Waals surface area contributed by atoms with E-state index in [1.807, 2.05) is 42.5 Å². The number of halogens is 3. The normalized spacial score (nSPS) is 14.1. The monoisotopic (exact) mass is 371 g/mol. The molecule has 1 nitrogen and oxygen atoms in total. The van der Waals surface area contributed by atoms with Gasteiger partial charge < -0.3 is 5.32 Å². The van der Waals surface area contributed by atoms with Crippen molar-refractivity contribution >= 4 is 39.1 Å². The van der Waals surface area contributed by atoms with Crippen molar-refractivity contribution in [3.8, 4) is 0 Å². The highest BCUT2D eigenvalue weighted by molar-refractivity contribution is 9.10. The molecule has 2 rings (SSSR count). The molecule has 2 aromatic rings. The van der Waals surface area contributed by atoms with Crippen LogP contribution in [0.1, 0.15) is 37.1 Å². The van der Waals surface area contributed by atoms with Gasteiger partial charge in [-0.1, -0.05) is 63.4 Å². The Kier molecular flexibility index (Phi) is 5.50. The molecule has 4 heteroatoms. The van der Waals surface area contributed by atoms with Gasteiger partial charge in [0.05, 0.1) is 0 Å². The maximum atomic E-state index is 6.29. The molecule has 0 aromatic heterocycles. The van der Waals surface area contributed by atoms with E-state index in [-0.39, 0.29) is 12.1 Å². The van der Waals surface area contributed by atoms with Crippen LogP contribution < -0.4 is 5.32 Å². The average Bonchev–Trinajstić information content (AvgIpc) is 2.38. The molecule has 0 saturated carbocycles. The molecule has 0 radical (unpaired) electrons. The van der Waals surface area contributed by atoms with Gasteiger partial charge in [0.15, 0.2) is 0 Å². The molecule has 2 atom stereocenters. The fraction of sp³-hybridized carbons (Fsp3) is 0.250. The van der Waals surface area contributed by atoms with Gasteiger partial charge in [-0.25, -0.2) is 0 Å². The van der Waals surface area contributed by atoms with Crippen molar-refractivity contribution in [3.63, 3.8) is 0 Å². The van der Waals surface area contributed by atoms with E-state index in [9.17, 15) is 0 Å². The summed E-state index contributed by atoms with van der Waals surface area (Å²) in [6, 6.07) is 14.1. The molecule has 0 amide bonds. The molecular weight excluding hydrogens is 357 g/mol. The average molecular weight is 373 g/mol. The van der Waals surface area contributed by atoms with Gasteiger partial charge in [-0.2, -0.15) is 0 Å². The summed E-state index contributed by atoms with van der Waals surface area (Å²) >= 11 is 15.9. The minimum atomic E-state index is 0.141. The predicted molar refractivity (Wildman–Crippen MR) is 90.6 cm³/mol. The van der Waals surface area contributed by atoms with E-state index >= 15 is 0 Å². The lowest BCUT2D eigenvalue weighted by Gasteiger charge is -2.22. The first-order valence-electron chi connectivity index (χ1n) is 6.44. The highest BCUT2D eigenvalue weighted by Crippen LogP contribution is 2.29. The van der Waals surface area contributed by atoms with Crippen LogP contribution in [0.4, 0.5) is 0 Å². The van der Waals surface area contributed by atoms with Crippen LogP contribution >= 0.6 is 39.1 Å². The Bertz CT molecular complexity index is 601. The van der Waals surface area contributed by atoms with E-state index in [2.05, 4.69) is 35.1 Å². The third kappa shape index (κ3) is 3.76. The van der Waals surface area contributed by atoms with E-state index in [1.165, 1.54) is 0 Å². The molecule has 1 N–H and O–H groups in total. The van der Waals surface area contributed by atoms with E-state index in [0.29, 0.717) is 0 Å². The Hall–Kier alpha value is -0.540. The molecule has 106 valence electrons. The topological polar surface area (TPSA) is 12.0 Å². The van der Waals surface area contributed by atoms with Gasteiger partial charge in [0, 0.05) is 26.6 Å². The summed E-state index contributed by atoms with van der Waals surface area (Å²) in [5.41, 5.74) is 2.17. The minimum Gasteiger partial charge on any atom is -0.304 e. The summed E-state index contributed by atoms with van der Waals surface area (Å²) in [6.07, 6.45) is 0. The fourth-order valence-corrected chi connectivity index (χ4v) is 3.37. The SMILES string of the molecule is CC(N[C@H](C)c1ccccc1Cl)c1ccc(Br)cc1Cl. The third-order valence-electron chi connectivity index (χ3n) is 3.30. The quantitative estimate of drug-likeness (QED) is 0.676. The standard InChI is InChI=1S/C16H16BrCl2N/c1-10(13-5-3-4-6-15(13)18)20-11(2)14-8-7-12(17)9-16(14)19/h3-11,20H,1-2H3/t10-,11?/m1/s1. The molecule has 0 aliphatic carbocycles. The van der Waals surface area contributed by atoms with Crippen molar-refractivity contribution in [1.29, 1.82) is 0 Å². The number of hydrogen-bond acceptors (Lipinski definition) is 1.